The second-order valence-corrected chi connectivity index (χ2v) is 4.92. The number of esters is 1. The van der Waals surface area contributed by atoms with E-state index in [0.717, 1.165) is 0 Å². The highest BCUT2D eigenvalue weighted by Crippen LogP contribution is 2.06. The van der Waals surface area contributed by atoms with Crippen LogP contribution in [0.25, 0.3) is 0 Å². The van der Waals surface area contributed by atoms with Gasteiger partial charge in [-0.1, -0.05) is 0 Å². The van der Waals surface area contributed by atoms with Gasteiger partial charge in [-0.15, -0.1) is 0 Å². The molecule has 16 heavy (non-hydrogen) atoms. The van der Waals surface area contributed by atoms with Gasteiger partial charge in [-0.25, -0.2) is 0 Å². The second-order valence-electron chi connectivity index (χ2n) is 4.92. The number of hydrogen-bond donors (Lipinski definition) is 1. The predicted octanol–water partition coefficient (Wildman–Crippen LogP) is 0.394. The first kappa shape index (κ1) is 14.9. The van der Waals surface area contributed by atoms with Crippen molar-refractivity contribution in [2.24, 2.45) is 0 Å². The molecule has 0 rings (SSSR count). The lowest BCUT2D eigenvalue weighted by Crippen LogP contribution is -2.44. The van der Waals surface area contributed by atoms with Gasteiger partial charge >= 0.3 is 5.97 Å². The number of carbonyl (C=O) groups excluding carboxylic acids is 2. The van der Waals surface area contributed by atoms with Gasteiger partial charge in [0.15, 0.2) is 0 Å². The van der Waals surface area contributed by atoms with Crippen LogP contribution in [-0.2, 0) is 14.3 Å². The van der Waals surface area contributed by atoms with E-state index in [1.807, 2.05) is 0 Å². The van der Waals surface area contributed by atoms with Crippen LogP contribution in [-0.4, -0.2) is 49.1 Å². The summed E-state index contributed by atoms with van der Waals surface area (Å²) in [6.07, 6.45) is 0. The third kappa shape index (κ3) is 6.40. The lowest BCUT2D eigenvalue weighted by molar-refractivity contribution is -0.153. The van der Waals surface area contributed by atoms with E-state index in [9.17, 15) is 9.59 Å². The molecule has 0 spiro atoms. The van der Waals surface area contributed by atoms with Crippen molar-refractivity contribution in [3.8, 4) is 0 Å². The Morgan fingerprint density at radius 1 is 1.31 bits per heavy atom. The highest BCUT2D eigenvalue weighted by atomic mass is 16.6. The van der Waals surface area contributed by atoms with Crippen LogP contribution in [0.15, 0.2) is 0 Å². The molecule has 94 valence electrons. The minimum Gasteiger partial charge on any atom is -0.459 e. The third-order valence-corrected chi connectivity index (χ3v) is 1.78. The van der Waals surface area contributed by atoms with Crippen LogP contribution in [0.5, 0.6) is 0 Å². The summed E-state index contributed by atoms with van der Waals surface area (Å²) >= 11 is 0. The predicted molar refractivity (Wildman–Crippen MR) is 62.0 cm³/mol. The average molecular weight is 230 g/mol. The molecule has 0 aliphatic rings. The number of nitrogens with zero attached hydrogens (tertiary/aromatic N) is 1. The number of rotatable bonds is 4. The van der Waals surface area contributed by atoms with E-state index < -0.39 is 5.60 Å². The first-order valence-electron chi connectivity index (χ1n) is 5.30. The van der Waals surface area contributed by atoms with Crippen LogP contribution in [0.4, 0.5) is 0 Å². The van der Waals surface area contributed by atoms with Gasteiger partial charge in [0.2, 0.25) is 5.91 Å². The molecule has 0 aromatic heterocycles. The summed E-state index contributed by atoms with van der Waals surface area (Å²) in [4.78, 5) is 24.3. The molecule has 1 amide bonds. The smallest absolute Gasteiger partial charge is 0.320 e. The molecular weight excluding hydrogens is 208 g/mol. The number of hydrogen-bond acceptors (Lipinski definition) is 4. The van der Waals surface area contributed by atoms with Crippen LogP contribution < -0.4 is 5.32 Å². The summed E-state index contributed by atoms with van der Waals surface area (Å²) in [5.41, 5.74) is -0.493. The van der Waals surface area contributed by atoms with Gasteiger partial charge in [-0.3, -0.25) is 14.9 Å². The highest BCUT2D eigenvalue weighted by Gasteiger charge is 2.19. The van der Waals surface area contributed by atoms with Crippen molar-refractivity contribution in [1.29, 1.82) is 0 Å². The molecule has 0 saturated carbocycles. The fourth-order valence-electron chi connectivity index (χ4n) is 1.09. The summed E-state index contributed by atoms with van der Waals surface area (Å²) in [6.45, 7) is 7.17. The van der Waals surface area contributed by atoms with Crippen molar-refractivity contribution in [2.45, 2.75) is 39.3 Å². The maximum atomic E-state index is 11.5. The van der Waals surface area contributed by atoms with Crippen molar-refractivity contribution in [3.05, 3.63) is 0 Å². The minimum absolute atomic E-state index is 0.0397. The van der Waals surface area contributed by atoms with E-state index >= 15 is 0 Å². The van der Waals surface area contributed by atoms with E-state index in [1.54, 1.807) is 41.8 Å². The topological polar surface area (TPSA) is 58.6 Å². The Labute approximate surface area is 97.1 Å². The number of carbonyl (C=O) groups is 2. The first-order chi connectivity index (χ1) is 7.13. The van der Waals surface area contributed by atoms with Crippen LogP contribution in [0.2, 0.25) is 0 Å². The quantitative estimate of drug-likeness (QED) is 0.710. The third-order valence-electron chi connectivity index (χ3n) is 1.78. The zero-order valence-electron chi connectivity index (χ0n) is 11.0. The van der Waals surface area contributed by atoms with Crippen molar-refractivity contribution >= 4 is 11.9 Å². The molecule has 5 nitrogen and oxygen atoms in total. The molecule has 0 saturated heterocycles. The van der Waals surface area contributed by atoms with Gasteiger partial charge in [-0.05, 0) is 27.7 Å². The van der Waals surface area contributed by atoms with Crippen LogP contribution in [0, 0.1) is 0 Å². The SMILES string of the molecule is CC(NCC(=O)OC(C)(C)C)C(=O)N(C)C. The fourth-order valence-corrected chi connectivity index (χ4v) is 1.09. The van der Waals surface area contributed by atoms with Crippen molar-refractivity contribution in [2.75, 3.05) is 20.6 Å². The maximum absolute atomic E-state index is 11.5. The molecule has 5 heteroatoms. The van der Waals surface area contributed by atoms with E-state index in [1.165, 1.54) is 4.90 Å². The summed E-state index contributed by atoms with van der Waals surface area (Å²) < 4.78 is 5.10. The zero-order valence-corrected chi connectivity index (χ0v) is 11.0. The molecule has 0 fully saturated rings. The number of ether oxygens (including phenoxy) is 1. The average Bonchev–Trinajstić information content (AvgIpc) is 2.09. The van der Waals surface area contributed by atoms with Gasteiger partial charge in [-0.2, -0.15) is 0 Å². The monoisotopic (exact) mass is 230 g/mol. The maximum Gasteiger partial charge on any atom is 0.320 e. The Hall–Kier alpha value is -1.10. The Balaban J connectivity index is 3.98. The highest BCUT2D eigenvalue weighted by molar-refractivity contribution is 5.82. The van der Waals surface area contributed by atoms with E-state index in [4.69, 9.17) is 4.74 Å². The summed E-state index contributed by atoms with van der Waals surface area (Å²) in [7, 11) is 3.35. The van der Waals surface area contributed by atoms with Gasteiger partial charge < -0.3 is 9.64 Å². The van der Waals surface area contributed by atoms with Crippen molar-refractivity contribution in [1.82, 2.24) is 10.2 Å². The van der Waals surface area contributed by atoms with Crippen molar-refractivity contribution < 1.29 is 14.3 Å². The molecule has 0 radical (unpaired) electrons. The molecule has 0 aromatic carbocycles. The molecular formula is C11H22N2O3. The van der Waals surface area contributed by atoms with Crippen molar-refractivity contribution in [3.63, 3.8) is 0 Å². The standard InChI is InChI=1S/C11H22N2O3/c1-8(10(15)13(5)6)12-7-9(14)16-11(2,3)4/h8,12H,7H2,1-6H3. The van der Waals surface area contributed by atoms with Gasteiger partial charge in [0.25, 0.3) is 0 Å². The molecule has 1 atom stereocenters. The molecule has 0 heterocycles. The lowest BCUT2D eigenvalue weighted by Gasteiger charge is -2.21. The van der Waals surface area contributed by atoms with Crippen LogP contribution in [0.3, 0.4) is 0 Å². The Morgan fingerprint density at radius 3 is 2.19 bits per heavy atom. The number of amides is 1. The fraction of sp³-hybridized carbons (Fsp3) is 0.818. The second kappa shape index (κ2) is 5.84. The number of likely N-dealkylation sites (N-methyl/N-ethyl adjacent to an activating group) is 1. The zero-order chi connectivity index (χ0) is 12.9. The van der Waals surface area contributed by atoms with Gasteiger partial charge in [0.1, 0.15) is 5.60 Å². The lowest BCUT2D eigenvalue weighted by atomic mass is 10.2. The molecule has 0 aliphatic heterocycles. The normalized spacial score (nSPS) is 13.1. The molecule has 0 bridgehead atoms. The van der Waals surface area contributed by atoms with Crippen LogP contribution in [0.1, 0.15) is 27.7 Å². The molecule has 0 aliphatic carbocycles. The Kier molecular flexibility index (Phi) is 5.44. The molecule has 0 aromatic rings. The largest absolute Gasteiger partial charge is 0.459 e. The van der Waals surface area contributed by atoms with E-state index in [0.29, 0.717) is 0 Å². The summed E-state index contributed by atoms with van der Waals surface area (Å²) in [6, 6.07) is -0.387. The number of nitrogens with one attached hydrogen (secondary N) is 1. The summed E-state index contributed by atoms with van der Waals surface area (Å²) in [5.74, 6) is -0.422. The van der Waals surface area contributed by atoms with E-state index in [2.05, 4.69) is 5.32 Å². The Morgan fingerprint density at radius 2 is 1.81 bits per heavy atom. The summed E-state index contributed by atoms with van der Waals surface area (Å²) in [5, 5.41) is 2.82. The Bertz CT molecular complexity index is 256. The van der Waals surface area contributed by atoms with Gasteiger partial charge in [0.05, 0.1) is 12.6 Å². The first-order valence-corrected chi connectivity index (χ1v) is 5.30. The minimum atomic E-state index is -0.493. The van der Waals surface area contributed by atoms with Crippen LogP contribution >= 0.6 is 0 Å². The molecule has 1 N–H and O–H groups in total. The van der Waals surface area contributed by atoms with E-state index in [-0.39, 0.29) is 24.5 Å². The molecule has 1 unspecified atom stereocenters. The van der Waals surface area contributed by atoms with Gasteiger partial charge in [0, 0.05) is 14.1 Å².